The number of aromatic nitrogens is 2. The van der Waals surface area contributed by atoms with Crippen molar-refractivity contribution in [1.29, 1.82) is 0 Å². The molecule has 0 aliphatic rings. The van der Waals surface area contributed by atoms with Gasteiger partial charge < -0.3 is 5.32 Å². The molecule has 0 aliphatic carbocycles. The maximum absolute atomic E-state index is 13.3. The van der Waals surface area contributed by atoms with Gasteiger partial charge in [0, 0.05) is 17.7 Å². The Kier molecular flexibility index (Phi) is 5.66. The molecule has 1 N–H and O–H groups in total. The van der Waals surface area contributed by atoms with Crippen molar-refractivity contribution in [2.24, 2.45) is 5.92 Å². The van der Waals surface area contributed by atoms with Crippen LogP contribution in [0, 0.1) is 11.7 Å². The van der Waals surface area contributed by atoms with Crippen molar-refractivity contribution in [3.63, 3.8) is 0 Å². The van der Waals surface area contributed by atoms with Gasteiger partial charge in [-0.05, 0) is 49.2 Å². The molecule has 1 amide bonds. The summed E-state index contributed by atoms with van der Waals surface area (Å²) in [5.74, 6) is 0.320. The van der Waals surface area contributed by atoms with E-state index in [1.54, 1.807) is 12.1 Å². The molecule has 3 aromatic rings. The van der Waals surface area contributed by atoms with Crippen molar-refractivity contribution in [3.05, 3.63) is 54.5 Å². The molecule has 136 valence electrons. The molecule has 0 radical (unpaired) electrons. The standard InChI is InChI=1S/C21H24FN3O/c1-3-5-8-15(4-2)21(26)24-20-19(16-10-12-17(22)13-11-16)23-18-9-6-7-14-25(18)20/h6-7,9-15H,3-5,8H2,1-2H3,(H,24,26). The van der Waals surface area contributed by atoms with Crippen LogP contribution in [0.5, 0.6) is 0 Å². The fraction of sp³-hybridized carbons (Fsp3) is 0.333. The Bertz CT molecular complexity index is 886. The molecule has 0 aliphatic heterocycles. The molecular weight excluding hydrogens is 329 g/mol. The molecule has 0 saturated carbocycles. The lowest BCUT2D eigenvalue weighted by Gasteiger charge is -2.15. The number of unbranched alkanes of at least 4 members (excludes halogenated alkanes) is 1. The van der Waals surface area contributed by atoms with Gasteiger partial charge in [0.05, 0.1) is 0 Å². The first-order valence-electron chi connectivity index (χ1n) is 9.18. The highest BCUT2D eigenvalue weighted by molar-refractivity contribution is 5.96. The number of hydrogen-bond donors (Lipinski definition) is 1. The Labute approximate surface area is 153 Å². The fourth-order valence-corrected chi connectivity index (χ4v) is 3.11. The Balaban J connectivity index is 1.99. The number of imidazole rings is 1. The van der Waals surface area contributed by atoms with Crippen LogP contribution in [-0.2, 0) is 4.79 Å². The number of carbonyl (C=O) groups excluding carboxylic acids is 1. The van der Waals surface area contributed by atoms with E-state index in [1.807, 2.05) is 35.7 Å². The molecule has 3 rings (SSSR count). The number of halogens is 1. The van der Waals surface area contributed by atoms with Crippen LogP contribution in [0.2, 0.25) is 0 Å². The van der Waals surface area contributed by atoms with Gasteiger partial charge in [0.1, 0.15) is 23.0 Å². The van der Waals surface area contributed by atoms with E-state index < -0.39 is 0 Å². The maximum Gasteiger partial charge on any atom is 0.228 e. The predicted molar refractivity (Wildman–Crippen MR) is 103 cm³/mol. The average molecular weight is 353 g/mol. The maximum atomic E-state index is 13.3. The zero-order valence-corrected chi connectivity index (χ0v) is 15.2. The summed E-state index contributed by atoms with van der Waals surface area (Å²) in [6.07, 6.45) is 5.65. The van der Waals surface area contributed by atoms with E-state index in [0.29, 0.717) is 11.5 Å². The smallest absolute Gasteiger partial charge is 0.228 e. The summed E-state index contributed by atoms with van der Waals surface area (Å²) in [6.45, 7) is 4.16. The van der Waals surface area contributed by atoms with Crippen LogP contribution in [0.3, 0.4) is 0 Å². The van der Waals surface area contributed by atoms with E-state index in [9.17, 15) is 9.18 Å². The van der Waals surface area contributed by atoms with Gasteiger partial charge in [-0.1, -0.05) is 32.8 Å². The predicted octanol–water partition coefficient (Wildman–Crippen LogP) is 5.30. The summed E-state index contributed by atoms with van der Waals surface area (Å²) in [6, 6.07) is 11.9. The van der Waals surface area contributed by atoms with Crippen molar-refractivity contribution in [1.82, 2.24) is 9.38 Å². The number of pyridine rings is 1. The molecule has 0 bridgehead atoms. The minimum absolute atomic E-state index is 0.00923. The zero-order valence-electron chi connectivity index (χ0n) is 15.2. The van der Waals surface area contributed by atoms with Crippen LogP contribution < -0.4 is 5.32 Å². The molecule has 2 aromatic heterocycles. The number of amides is 1. The first-order valence-corrected chi connectivity index (χ1v) is 9.18. The third kappa shape index (κ3) is 3.77. The fourth-order valence-electron chi connectivity index (χ4n) is 3.11. The van der Waals surface area contributed by atoms with Gasteiger partial charge >= 0.3 is 0 Å². The second kappa shape index (κ2) is 8.13. The number of hydrogen-bond acceptors (Lipinski definition) is 2. The average Bonchev–Trinajstić information content (AvgIpc) is 3.01. The van der Waals surface area contributed by atoms with Crippen molar-refractivity contribution in [2.75, 3.05) is 5.32 Å². The molecule has 0 spiro atoms. The van der Waals surface area contributed by atoms with Crippen LogP contribution in [0.1, 0.15) is 39.5 Å². The highest BCUT2D eigenvalue weighted by Crippen LogP contribution is 2.29. The van der Waals surface area contributed by atoms with E-state index in [4.69, 9.17) is 0 Å². The molecule has 2 heterocycles. The number of benzene rings is 1. The van der Waals surface area contributed by atoms with Crippen LogP contribution >= 0.6 is 0 Å². The molecule has 26 heavy (non-hydrogen) atoms. The van der Waals surface area contributed by atoms with Gasteiger partial charge in [0.15, 0.2) is 0 Å². The van der Waals surface area contributed by atoms with E-state index in [-0.39, 0.29) is 17.6 Å². The summed E-state index contributed by atoms with van der Waals surface area (Å²) in [7, 11) is 0. The second-order valence-corrected chi connectivity index (χ2v) is 6.48. The van der Waals surface area contributed by atoms with E-state index in [2.05, 4.69) is 17.2 Å². The van der Waals surface area contributed by atoms with Crippen molar-refractivity contribution < 1.29 is 9.18 Å². The lowest BCUT2D eigenvalue weighted by atomic mass is 9.98. The number of nitrogens with one attached hydrogen (secondary N) is 1. The molecule has 4 nitrogen and oxygen atoms in total. The topological polar surface area (TPSA) is 46.4 Å². The Morgan fingerprint density at radius 1 is 1.19 bits per heavy atom. The van der Waals surface area contributed by atoms with Gasteiger partial charge in [0.25, 0.3) is 0 Å². The van der Waals surface area contributed by atoms with Gasteiger partial charge in [-0.15, -0.1) is 0 Å². The van der Waals surface area contributed by atoms with Crippen LogP contribution in [0.25, 0.3) is 16.9 Å². The Morgan fingerprint density at radius 2 is 1.96 bits per heavy atom. The van der Waals surface area contributed by atoms with Gasteiger partial charge in [-0.3, -0.25) is 9.20 Å². The molecule has 0 saturated heterocycles. The van der Waals surface area contributed by atoms with Crippen LogP contribution in [0.15, 0.2) is 48.7 Å². The lowest BCUT2D eigenvalue weighted by molar-refractivity contribution is -0.120. The molecule has 1 unspecified atom stereocenters. The highest BCUT2D eigenvalue weighted by atomic mass is 19.1. The van der Waals surface area contributed by atoms with Crippen molar-refractivity contribution in [2.45, 2.75) is 39.5 Å². The minimum Gasteiger partial charge on any atom is -0.310 e. The molecule has 1 atom stereocenters. The monoisotopic (exact) mass is 353 g/mol. The van der Waals surface area contributed by atoms with E-state index in [1.165, 1.54) is 12.1 Å². The highest BCUT2D eigenvalue weighted by Gasteiger charge is 2.21. The molecule has 5 heteroatoms. The van der Waals surface area contributed by atoms with E-state index >= 15 is 0 Å². The number of carbonyl (C=O) groups is 1. The SMILES string of the molecule is CCCCC(CC)C(=O)Nc1c(-c2ccc(F)cc2)nc2ccccn12. The van der Waals surface area contributed by atoms with Gasteiger partial charge in [-0.2, -0.15) is 0 Å². The summed E-state index contributed by atoms with van der Waals surface area (Å²) < 4.78 is 15.2. The number of rotatable bonds is 7. The van der Waals surface area contributed by atoms with Crippen LogP contribution in [-0.4, -0.2) is 15.3 Å². The largest absolute Gasteiger partial charge is 0.310 e. The summed E-state index contributed by atoms with van der Waals surface area (Å²) in [5, 5.41) is 3.07. The number of fused-ring (bicyclic) bond motifs is 1. The summed E-state index contributed by atoms with van der Waals surface area (Å²) >= 11 is 0. The third-order valence-corrected chi connectivity index (χ3v) is 4.66. The Hall–Kier alpha value is -2.69. The third-order valence-electron chi connectivity index (χ3n) is 4.66. The first kappa shape index (κ1) is 18.1. The number of nitrogens with zero attached hydrogens (tertiary/aromatic N) is 2. The van der Waals surface area contributed by atoms with E-state index in [0.717, 1.165) is 36.9 Å². The zero-order chi connectivity index (χ0) is 18.5. The number of anilines is 1. The summed E-state index contributed by atoms with van der Waals surface area (Å²) in [4.78, 5) is 17.5. The molecular formula is C21H24FN3O. The lowest BCUT2D eigenvalue weighted by Crippen LogP contribution is -2.23. The van der Waals surface area contributed by atoms with Crippen LogP contribution in [0.4, 0.5) is 10.2 Å². The minimum atomic E-state index is -0.297. The van der Waals surface area contributed by atoms with Gasteiger partial charge in [-0.25, -0.2) is 9.37 Å². The summed E-state index contributed by atoms with van der Waals surface area (Å²) in [5.41, 5.74) is 2.16. The molecule has 0 fully saturated rings. The van der Waals surface area contributed by atoms with Crippen molar-refractivity contribution in [3.8, 4) is 11.3 Å². The normalized spacial score (nSPS) is 12.3. The Morgan fingerprint density at radius 3 is 2.65 bits per heavy atom. The van der Waals surface area contributed by atoms with Gasteiger partial charge in [0.2, 0.25) is 5.91 Å². The second-order valence-electron chi connectivity index (χ2n) is 6.48. The molecule has 1 aromatic carbocycles. The van der Waals surface area contributed by atoms with Crippen molar-refractivity contribution >= 4 is 17.4 Å². The first-order chi connectivity index (χ1) is 12.6. The quantitative estimate of drug-likeness (QED) is 0.627.